The molecule has 2 aromatic heterocycles. The van der Waals surface area contributed by atoms with Crippen LogP contribution in [0.4, 0.5) is 17.1 Å². The van der Waals surface area contributed by atoms with Gasteiger partial charge in [-0.3, -0.25) is 0 Å². The molecule has 0 atom stereocenters. The molecule has 0 saturated carbocycles. The van der Waals surface area contributed by atoms with Gasteiger partial charge in [0.15, 0.2) is 0 Å². The number of benzene rings is 10. The number of thiophene rings is 2. The fraction of sp³-hybridized carbons (Fsp3) is 0. The smallest absolute Gasteiger partial charge is 0.0468 e. The van der Waals surface area contributed by atoms with Crippen LogP contribution in [0, 0.1) is 0 Å². The second-order valence-electron chi connectivity index (χ2n) is 14.9. The van der Waals surface area contributed by atoms with E-state index in [0.29, 0.717) is 0 Å². The highest BCUT2D eigenvalue weighted by molar-refractivity contribution is 7.27. The predicted molar refractivity (Wildman–Crippen MR) is 250 cm³/mol. The van der Waals surface area contributed by atoms with Gasteiger partial charge in [-0.05, 0) is 92.2 Å². The Labute approximate surface area is 337 Å². The molecule has 0 spiro atoms. The lowest BCUT2D eigenvalue weighted by molar-refractivity contribution is 1.30. The SMILES string of the molecule is c1ccc(-c2cccc3c2sc2c(-c4cc5c6cc(N(c7ccc8ccccc8c7)c7ccc8ccccc8c7)ccc6sc5c5ccccc45)cccc23)cc1. The van der Waals surface area contributed by atoms with Gasteiger partial charge >= 0.3 is 0 Å². The molecule has 0 saturated heterocycles. The third-order valence-corrected chi connectivity index (χ3v) is 14.1. The van der Waals surface area contributed by atoms with Crippen LogP contribution in [0.3, 0.4) is 0 Å². The lowest BCUT2D eigenvalue weighted by Crippen LogP contribution is -2.09. The van der Waals surface area contributed by atoms with Crippen molar-refractivity contribution in [3.63, 3.8) is 0 Å². The lowest BCUT2D eigenvalue weighted by Gasteiger charge is -2.26. The van der Waals surface area contributed by atoms with Crippen LogP contribution in [0.2, 0.25) is 0 Å². The summed E-state index contributed by atoms with van der Waals surface area (Å²) in [4.78, 5) is 2.42. The molecule has 0 N–H and O–H groups in total. The first-order valence-electron chi connectivity index (χ1n) is 19.4. The zero-order valence-electron chi connectivity index (χ0n) is 30.8. The number of anilines is 3. The maximum Gasteiger partial charge on any atom is 0.0468 e. The number of nitrogens with zero attached hydrogens (tertiary/aromatic N) is 1. The largest absolute Gasteiger partial charge is 0.310 e. The second-order valence-corrected chi connectivity index (χ2v) is 16.9. The van der Waals surface area contributed by atoms with Crippen LogP contribution >= 0.6 is 22.7 Å². The van der Waals surface area contributed by atoms with Crippen molar-refractivity contribution >= 4 is 112 Å². The molecular weight excluding hydrogens is 727 g/mol. The van der Waals surface area contributed by atoms with Gasteiger partial charge in [-0.1, -0.05) is 152 Å². The fourth-order valence-electron chi connectivity index (χ4n) is 8.90. The van der Waals surface area contributed by atoms with Crippen LogP contribution < -0.4 is 4.90 Å². The van der Waals surface area contributed by atoms with Crippen molar-refractivity contribution in [3.8, 4) is 22.3 Å². The number of fused-ring (bicyclic) bond motifs is 10. The normalized spacial score (nSPS) is 11.9. The molecule has 0 radical (unpaired) electrons. The average Bonchev–Trinajstić information content (AvgIpc) is 3.85. The molecule has 0 unspecified atom stereocenters. The van der Waals surface area contributed by atoms with E-state index in [4.69, 9.17) is 0 Å². The van der Waals surface area contributed by atoms with E-state index in [1.165, 1.54) is 94.9 Å². The topological polar surface area (TPSA) is 3.24 Å². The highest BCUT2D eigenvalue weighted by Gasteiger charge is 2.20. The minimum atomic E-state index is 1.14. The summed E-state index contributed by atoms with van der Waals surface area (Å²) in [6.07, 6.45) is 0. The molecule has 0 amide bonds. The van der Waals surface area contributed by atoms with Crippen molar-refractivity contribution in [1.82, 2.24) is 0 Å². The minimum Gasteiger partial charge on any atom is -0.310 e. The van der Waals surface area contributed by atoms with Gasteiger partial charge in [0.05, 0.1) is 0 Å². The zero-order chi connectivity index (χ0) is 37.5. The second kappa shape index (κ2) is 12.9. The van der Waals surface area contributed by atoms with Crippen LogP contribution in [-0.4, -0.2) is 0 Å². The van der Waals surface area contributed by atoms with Crippen molar-refractivity contribution in [2.75, 3.05) is 4.90 Å². The van der Waals surface area contributed by atoms with Crippen LogP contribution in [0.15, 0.2) is 200 Å². The number of hydrogen-bond acceptors (Lipinski definition) is 3. The molecule has 3 heteroatoms. The van der Waals surface area contributed by atoms with Crippen LogP contribution in [-0.2, 0) is 0 Å². The summed E-state index contributed by atoms with van der Waals surface area (Å²) >= 11 is 3.83. The first kappa shape index (κ1) is 32.5. The van der Waals surface area contributed by atoms with Crippen molar-refractivity contribution < 1.29 is 0 Å². The molecule has 57 heavy (non-hydrogen) atoms. The van der Waals surface area contributed by atoms with Gasteiger partial charge in [-0.2, -0.15) is 0 Å². The molecular formula is C54H33NS2. The van der Waals surface area contributed by atoms with Gasteiger partial charge in [0.2, 0.25) is 0 Å². The molecule has 0 aliphatic heterocycles. The Kier molecular flexibility index (Phi) is 7.34. The molecule has 266 valence electrons. The van der Waals surface area contributed by atoms with Gasteiger partial charge in [0, 0.05) is 68.4 Å². The Morgan fingerprint density at radius 3 is 1.51 bits per heavy atom. The van der Waals surface area contributed by atoms with E-state index in [0.717, 1.165) is 17.1 Å². The lowest BCUT2D eigenvalue weighted by atomic mass is 9.94. The van der Waals surface area contributed by atoms with E-state index < -0.39 is 0 Å². The van der Waals surface area contributed by atoms with E-state index in [9.17, 15) is 0 Å². The van der Waals surface area contributed by atoms with Crippen LogP contribution in [0.1, 0.15) is 0 Å². The molecule has 0 aliphatic carbocycles. The number of hydrogen-bond donors (Lipinski definition) is 0. The zero-order valence-corrected chi connectivity index (χ0v) is 32.4. The fourth-order valence-corrected chi connectivity index (χ4v) is 11.5. The molecule has 2 heterocycles. The van der Waals surface area contributed by atoms with Gasteiger partial charge < -0.3 is 4.90 Å². The summed E-state index contributed by atoms with van der Waals surface area (Å²) < 4.78 is 5.30. The van der Waals surface area contributed by atoms with E-state index in [1.54, 1.807) is 0 Å². The highest BCUT2D eigenvalue weighted by Crippen LogP contribution is 2.49. The van der Waals surface area contributed by atoms with Crippen LogP contribution in [0.5, 0.6) is 0 Å². The molecule has 12 aromatic rings. The summed E-state index contributed by atoms with van der Waals surface area (Å²) in [5.41, 5.74) is 8.53. The Morgan fingerprint density at radius 2 is 0.807 bits per heavy atom. The average molecular weight is 760 g/mol. The molecule has 12 rings (SSSR count). The van der Waals surface area contributed by atoms with E-state index in [2.05, 4.69) is 205 Å². The first-order chi connectivity index (χ1) is 28.2. The Morgan fingerprint density at radius 1 is 0.281 bits per heavy atom. The van der Waals surface area contributed by atoms with Crippen molar-refractivity contribution in [1.29, 1.82) is 0 Å². The summed E-state index contributed by atoms with van der Waals surface area (Å²) in [6.45, 7) is 0. The summed E-state index contributed by atoms with van der Waals surface area (Å²) in [6, 6.07) is 73.9. The van der Waals surface area contributed by atoms with Gasteiger partial charge in [-0.15, -0.1) is 22.7 Å². The summed E-state index contributed by atoms with van der Waals surface area (Å²) in [5.74, 6) is 0. The molecule has 0 bridgehead atoms. The van der Waals surface area contributed by atoms with Crippen molar-refractivity contribution in [2.24, 2.45) is 0 Å². The molecule has 1 nitrogen and oxygen atoms in total. The van der Waals surface area contributed by atoms with Gasteiger partial charge in [0.1, 0.15) is 0 Å². The Balaban J connectivity index is 1.09. The standard InChI is InChI=1S/C54H33NS2/c1-2-14-36(15-3-1)42-20-10-21-45-46-22-11-23-47(53(46)57-52(42)45)48-33-50-49-32-41(28-29-51(49)56-54(50)44-19-9-8-18-43(44)48)55(39-26-24-34-12-4-6-16-37(34)30-39)40-27-25-35-13-5-7-17-38(35)31-40/h1-33H. The van der Waals surface area contributed by atoms with Gasteiger partial charge in [0.25, 0.3) is 0 Å². The Bertz CT molecular complexity index is 3460. The van der Waals surface area contributed by atoms with E-state index in [1.807, 2.05) is 22.7 Å². The van der Waals surface area contributed by atoms with Gasteiger partial charge in [-0.25, -0.2) is 0 Å². The maximum atomic E-state index is 2.48. The molecule has 10 aromatic carbocycles. The molecule has 0 aliphatic rings. The monoisotopic (exact) mass is 759 g/mol. The molecule has 0 fully saturated rings. The third kappa shape index (κ3) is 5.20. The first-order valence-corrected chi connectivity index (χ1v) is 21.0. The highest BCUT2D eigenvalue weighted by atomic mass is 32.1. The third-order valence-electron chi connectivity index (χ3n) is 11.6. The van der Waals surface area contributed by atoms with Crippen molar-refractivity contribution in [2.45, 2.75) is 0 Å². The summed E-state index contributed by atoms with van der Waals surface area (Å²) in [5, 5.41) is 12.7. The minimum absolute atomic E-state index is 1.14. The van der Waals surface area contributed by atoms with E-state index >= 15 is 0 Å². The predicted octanol–water partition coefficient (Wildman–Crippen LogP) is 16.7. The van der Waals surface area contributed by atoms with E-state index in [-0.39, 0.29) is 0 Å². The van der Waals surface area contributed by atoms with Crippen LogP contribution in [0.25, 0.3) is 94.9 Å². The Hall–Kier alpha value is -6.78. The van der Waals surface area contributed by atoms with Crippen molar-refractivity contribution in [3.05, 3.63) is 200 Å². The maximum absolute atomic E-state index is 2.48. The quantitative estimate of drug-likeness (QED) is 0.169. The summed E-state index contributed by atoms with van der Waals surface area (Å²) in [7, 11) is 0. The number of rotatable bonds is 5.